The Balaban J connectivity index is 2.03. The lowest BCUT2D eigenvalue weighted by Gasteiger charge is -2.12. The highest BCUT2D eigenvalue weighted by molar-refractivity contribution is 6.13. The molecule has 3 amide bonds. The third-order valence-corrected chi connectivity index (χ3v) is 4.19. The van der Waals surface area contributed by atoms with Crippen molar-refractivity contribution in [3.05, 3.63) is 59.0 Å². The zero-order chi connectivity index (χ0) is 16.6. The third-order valence-electron chi connectivity index (χ3n) is 4.19. The van der Waals surface area contributed by atoms with E-state index in [1.165, 1.54) is 16.0 Å². The van der Waals surface area contributed by atoms with Crippen molar-refractivity contribution < 1.29 is 9.59 Å². The maximum atomic E-state index is 12.2. The third kappa shape index (κ3) is 2.54. The first-order valence-corrected chi connectivity index (χ1v) is 7.61. The molecule has 5 nitrogen and oxygen atoms in total. The van der Waals surface area contributed by atoms with E-state index in [-0.39, 0.29) is 11.9 Å². The van der Waals surface area contributed by atoms with Crippen molar-refractivity contribution >= 4 is 18.0 Å². The molecule has 0 bridgehead atoms. The molecule has 0 atom stereocenters. The fourth-order valence-electron chi connectivity index (χ4n) is 2.73. The molecule has 0 unspecified atom stereocenters. The summed E-state index contributed by atoms with van der Waals surface area (Å²) in [7, 11) is 0. The molecule has 1 aliphatic rings. The highest BCUT2D eigenvalue weighted by atomic mass is 16.2. The molecule has 0 radical (unpaired) electrons. The van der Waals surface area contributed by atoms with Gasteiger partial charge in [-0.1, -0.05) is 12.1 Å². The summed E-state index contributed by atoms with van der Waals surface area (Å²) in [6, 6.07) is 9.60. The number of nitrogens with one attached hydrogen (secondary N) is 1. The number of likely N-dealkylation sites (N-methyl/N-ethyl adjacent to an activating group) is 1. The SMILES string of the molecule is CCN1C(=O)N/C(=C/c2cccn2-c2cccc(C)c2C)C1=O. The minimum absolute atomic E-state index is 0.286. The smallest absolute Gasteiger partial charge is 0.317 e. The molecule has 23 heavy (non-hydrogen) atoms. The van der Waals surface area contributed by atoms with Crippen LogP contribution in [0.5, 0.6) is 0 Å². The summed E-state index contributed by atoms with van der Waals surface area (Å²) in [5, 5.41) is 2.63. The number of hydrogen-bond donors (Lipinski definition) is 1. The molecule has 1 aromatic heterocycles. The van der Waals surface area contributed by atoms with E-state index in [0.717, 1.165) is 11.4 Å². The average Bonchev–Trinajstić information content (AvgIpc) is 3.08. The van der Waals surface area contributed by atoms with Crippen molar-refractivity contribution in [3.8, 4) is 5.69 Å². The van der Waals surface area contributed by atoms with Gasteiger partial charge in [0.2, 0.25) is 0 Å². The van der Waals surface area contributed by atoms with Crippen LogP contribution < -0.4 is 5.32 Å². The monoisotopic (exact) mass is 309 g/mol. The van der Waals surface area contributed by atoms with Crippen molar-refractivity contribution in [1.29, 1.82) is 0 Å². The maximum absolute atomic E-state index is 12.2. The molecular weight excluding hydrogens is 290 g/mol. The largest absolute Gasteiger partial charge is 0.328 e. The maximum Gasteiger partial charge on any atom is 0.328 e. The van der Waals surface area contributed by atoms with Gasteiger partial charge in [0.15, 0.2) is 0 Å². The van der Waals surface area contributed by atoms with Crippen LogP contribution in [0.15, 0.2) is 42.2 Å². The number of aromatic nitrogens is 1. The summed E-state index contributed by atoms with van der Waals surface area (Å²) in [5.41, 5.74) is 4.60. The van der Waals surface area contributed by atoms with Crippen LogP contribution in [0.2, 0.25) is 0 Å². The molecule has 1 aliphatic heterocycles. The Morgan fingerprint density at radius 2 is 1.91 bits per heavy atom. The van der Waals surface area contributed by atoms with Crippen LogP contribution in [0.3, 0.4) is 0 Å². The second-order valence-electron chi connectivity index (χ2n) is 5.56. The molecule has 1 saturated heterocycles. The summed E-state index contributed by atoms with van der Waals surface area (Å²) in [5.74, 6) is -0.286. The first-order valence-electron chi connectivity index (χ1n) is 7.61. The zero-order valence-electron chi connectivity index (χ0n) is 13.5. The molecule has 0 spiro atoms. The molecule has 1 fully saturated rings. The number of carbonyl (C=O) groups is 2. The van der Waals surface area contributed by atoms with Gasteiger partial charge in [-0.15, -0.1) is 0 Å². The quantitative estimate of drug-likeness (QED) is 0.700. The van der Waals surface area contributed by atoms with E-state index in [4.69, 9.17) is 0 Å². The van der Waals surface area contributed by atoms with Crippen molar-refractivity contribution in [3.63, 3.8) is 0 Å². The van der Waals surface area contributed by atoms with E-state index >= 15 is 0 Å². The number of nitrogens with zero attached hydrogens (tertiary/aromatic N) is 2. The van der Waals surface area contributed by atoms with Crippen LogP contribution in [-0.4, -0.2) is 28.0 Å². The summed E-state index contributed by atoms with van der Waals surface area (Å²) in [6.45, 7) is 6.28. The highest BCUT2D eigenvalue weighted by Crippen LogP contribution is 2.22. The number of urea groups is 1. The Morgan fingerprint density at radius 3 is 2.61 bits per heavy atom. The van der Waals surface area contributed by atoms with Crippen LogP contribution in [0.25, 0.3) is 11.8 Å². The molecule has 2 aromatic rings. The zero-order valence-corrected chi connectivity index (χ0v) is 13.5. The highest BCUT2D eigenvalue weighted by Gasteiger charge is 2.32. The van der Waals surface area contributed by atoms with E-state index in [0.29, 0.717) is 12.2 Å². The summed E-state index contributed by atoms with van der Waals surface area (Å²) in [4.78, 5) is 25.2. The molecule has 5 heteroatoms. The topological polar surface area (TPSA) is 54.3 Å². The van der Waals surface area contributed by atoms with Gasteiger partial charge in [-0.25, -0.2) is 4.79 Å². The van der Waals surface area contributed by atoms with E-state index in [1.54, 1.807) is 13.0 Å². The van der Waals surface area contributed by atoms with E-state index in [2.05, 4.69) is 25.2 Å². The molecule has 2 heterocycles. The fourth-order valence-corrected chi connectivity index (χ4v) is 2.73. The standard InChI is InChI=1S/C18H19N3O2/c1-4-20-17(22)15(19-18(20)23)11-14-8-6-10-21(14)16-9-5-7-12(2)13(16)3/h5-11H,4H2,1-3H3,(H,19,23)/b15-11+. The lowest BCUT2D eigenvalue weighted by Crippen LogP contribution is -2.30. The van der Waals surface area contributed by atoms with E-state index in [9.17, 15) is 9.59 Å². The van der Waals surface area contributed by atoms with Crippen molar-refractivity contribution in [2.75, 3.05) is 6.54 Å². The molecule has 1 aromatic carbocycles. The minimum Gasteiger partial charge on any atom is -0.317 e. The Kier molecular flexibility index (Phi) is 3.78. The molecular formula is C18H19N3O2. The number of hydrogen-bond acceptors (Lipinski definition) is 2. The first-order chi connectivity index (χ1) is 11.0. The molecule has 3 rings (SSSR count). The normalized spacial score (nSPS) is 16.3. The summed E-state index contributed by atoms with van der Waals surface area (Å²) < 4.78 is 2.02. The number of rotatable bonds is 3. The molecule has 118 valence electrons. The number of benzene rings is 1. The predicted octanol–water partition coefficient (Wildman–Crippen LogP) is 3.01. The molecule has 1 N–H and O–H groups in total. The molecule has 0 saturated carbocycles. The number of amides is 3. The van der Waals surface area contributed by atoms with E-state index < -0.39 is 0 Å². The van der Waals surface area contributed by atoms with Crippen LogP contribution in [0.1, 0.15) is 23.7 Å². The van der Waals surface area contributed by atoms with E-state index in [1.807, 2.05) is 35.0 Å². The van der Waals surface area contributed by atoms with Gasteiger partial charge in [0.05, 0.1) is 0 Å². The Hall–Kier alpha value is -2.82. The number of imide groups is 1. The number of carbonyl (C=O) groups excluding carboxylic acids is 2. The van der Waals surface area contributed by atoms with Crippen LogP contribution in [0.4, 0.5) is 4.79 Å². The van der Waals surface area contributed by atoms with Crippen molar-refractivity contribution in [2.24, 2.45) is 0 Å². The Morgan fingerprint density at radius 1 is 1.13 bits per heavy atom. The van der Waals surface area contributed by atoms with Crippen molar-refractivity contribution in [2.45, 2.75) is 20.8 Å². The van der Waals surface area contributed by atoms with Gasteiger partial charge >= 0.3 is 6.03 Å². The Bertz CT molecular complexity index is 817. The predicted molar refractivity (Wildman–Crippen MR) is 89.1 cm³/mol. The minimum atomic E-state index is -0.367. The second-order valence-corrected chi connectivity index (χ2v) is 5.56. The van der Waals surface area contributed by atoms with Gasteiger partial charge in [0.1, 0.15) is 5.70 Å². The summed E-state index contributed by atoms with van der Waals surface area (Å²) >= 11 is 0. The first kappa shape index (κ1) is 15.1. The second kappa shape index (κ2) is 5.76. The van der Waals surface area contributed by atoms with Gasteiger partial charge in [0.25, 0.3) is 5.91 Å². The number of aryl methyl sites for hydroxylation is 1. The van der Waals surface area contributed by atoms with Gasteiger partial charge in [0, 0.05) is 24.1 Å². The molecule has 0 aliphatic carbocycles. The van der Waals surface area contributed by atoms with Gasteiger partial charge in [-0.05, 0) is 56.2 Å². The van der Waals surface area contributed by atoms with Crippen LogP contribution >= 0.6 is 0 Å². The van der Waals surface area contributed by atoms with Gasteiger partial charge in [-0.3, -0.25) is 9.69 Å². The fraction of sp³-hybridized carbons (Fsp3) is 0.222. The van der Waals surface area contributed by atoms with Crippen molar-refractivity contribution in [1.82, 2.24) is 14.8 Å². The lowest BCUT2D eigenvalue weighted by atomic mass is 10.1. The van der Waals surface area contributed by atoms with Gasteiger partial charge < -0.3 is 9.88 Å². The lowest BCUT2D eigenvalue weighted by molar-refractivity contribution is -0.122. The Labute approximate surface area is 135 Å². The van der Waals surface area contributed by atoms with Gasteiger partial charge in [-0.2, -0.15) is 0 Å². The van der Waals surface area contributed by atoms with Crippen LogP contribution in [-0.2, 0) is 4.79 Å². The van der Waals surface area contributed by atoms with Crippen LogP contribution in [0, 0.1) is 13.8 Å². The summed E-state index contributed by atoms with van der Waals surface area (Å²) in [6.07, 6.45) is 3.67. The average molecular weight is 309 g/mol.